The molecular weight excluding hydrogens is 1440 g/mol. The Balaban J connectivity index is 0.744. The molecule has 1 aliphatic carbocycles. The number of rotatable bonds is 18. The number of fused-ring (bicyclic) bond motifs is 2. The molecule has 36 heteroatoms. The molecule has 6 aromatic carbocycles. The minimum Gasteiger partial charge on any atom is -0.508 e. The van der Waals surface area contributed by atoms with Crippen molar-refractivity contribution in [3.8, 4) is 91.6 Å². The molecule has 13 rings (SSSR count). The number of aliphatic hydroxyl groups excluding tert-OH is 10. The van der Waals surface area contributed by atoms with Gasteiger partial charge in [-0.05, 0) is 85.6 Å². The molecule has 4 saturated heterocycles. The van der Waals surface area contributed by atoms with E-state index in [2.05, 4.69) is 0 Å². The quantitative estimate of drug-likeness (QED) is 0.0396. The fourth-order valence-corrected chi connectivity index (χ4v) is 13.9. The summed E-state index contributed by atoms with van der Waals surface area (Å²) in [6.07, 6.45) is -40.1. The molecule has 576 valence electrons. The highest BCUT2D eigenvalue weighted by Gasteiger charge is 2.61. The van der Waals surface area contributed by atoms with E-state index in [1.54, 1.807) is 0 Å². The van der Waals surface area contributed by atoms with Gasteiger partial charge in [0.25, 0.3) is 0 Å². The fourth-order valence-electron chi connectivity index (χ4n) is 13.9. The summed E-state index contributed by atoms with van der Waals surface area (Å²) in [5.41, 5.74) is -3.04. The standard InChI is InChI=1S/C72H72O36/c1-23-49(83)57(91)65(71(99-23)105-63-53(87)45-37(81)17-31(75)19-39(45)101-61(63)27-7-13-33(77)35(79)15-27)107-69-59(93)55(89)51(85)41(103-69)21-97-67(95)47-43(25-3-9-29(73)10-4-25)48(44(47)26-5-11-30(74)12-6-26)68(96)98-22-42-52(86)56(90)60(94)70(104-42)108-66-58(92)50(84)24(2)100-72(66)106-64-54(88)46-38(82)18-32(76)20-40(46)102-62(64)28-8-14-34(78)36(80)16-28/h3-20,23-24,41-44,47-52,55-60,65-66,69-86,89-94H,21-22H2,1-2H3/t23-,24-,41+,42+,43?,44?,47?,48?,49-,50-,51+,52+,55-,56-,57+,58+,59+,60+,65+,66+,69-,70-,71-,72-/m0/s1. The van der Waals surface area contributed by atoms with Crippen LogP contribution in [-0.2, 0) is 47.5 Å². The fraction of sp³-hybridized carbons (Fsp3) is 0.389. The maximum Gasteiger partial charge on any atom is 0.310 e. The third-order valence-corrected chi connectivity index (χ3v) is 19.7. The number of benzene rings is 6. The van der Waals surface area contributed by atoms with Crippen LogP contribution in [0.2, 0.25) is 0 Å². The van der Waals surface area contributed by atoms with Crippen molar-refractivity contribution in [1.82, 2.24) is 0 Å². The number of hydrogen-bond donors (Lipinski definition) is 20. The van der Waals surface area contributed by atoms with E-state index in [9.17, 15) is 121 Å². The Morgan fingerprint density at radius 3 is 1.08 bits per heavy atom. The summed E-state index contributed by atoms with van der Waals surface area (Å²) >= 11 is 0. The van der Waals surface area contributed by atoms with E-state index in [0.29, 0.717) is 0 Å². The van der Waals surface area contributed by atoms with Gasteiger partial charge in [0.1, 0.15) is 143 Å². The molecule has 0 amide bonds. The van der Waals surface area contributed by atoms with Gasteiger partial charge in [-0.15, -0.1) is 0 Å². The van der Waals surface area contributed by atoms with Gasteiger partial charge in [-0.1, -0.05) is 24.3 Å². The molecule has 4 aliphatic heterocycles. The normalized spacial score (nSPS) is 32.0. The average molecular weight is 1510 g/mol. The maximum atomic E-state index is 15.0. The van der Waals surface area contributed by atoms with Gasteiger partial charge in [-0.2, -0.15) is 0 Å². The van der Waals surface area contributed by atoms with Crippen molar-refractivity contribution in [2.75, 3.05) is 13.2 Å². The Morgan fingerprint density at radius 2 is 0.731 bits per heavy atom. The lowest BCUT2D eigenvalue weighted by Gasteiger charge is -2.50. The van der Waals surface area contributed by atoms with Crippen LogP contribution in [0.15, 0.2) is 128 Å². The van der Waals surface area contributed by atoms with Crippen molar-refractivity contribution < 1.29 is 168 Å². The highest BCUT2D eigenvalue weighted by atomic mass is 16.8. The number of esters is 2. The third kappa shape index (κ3) is 14.2. The van der Waals surface area contributed by atoms with E-state index < -0.39 is 273 Å². The second-order valence-electron chi connectivity index (χ2n) is 26.7. The first kappa shape index (κ1) is 75.9. The molecule has 1 saturated carbocycles. The molecule has 6 heterocycles. The highest BCUT2D eigenvalue weighted by molar-refractivity contribution is 5.90. The Morgan fingerprint density at radius 1 is 0.370 bits per heavy atom. The van der Waals surface area contributed by atoms with Crippen LogP contribution in [0.3, 0.4) is 0 Å². The van der Waals surface area contributed by atoms with Gasteiger partial charge in [0, 0.05) is 47.2 Å². The minimum atomic E-state index is -2.25. The molecule has 2 aromatic heterocycles. The van der Waals surface area contributed by atoms with Crippen LogP contribution >= 0.6 is 0 Å². The molecule has 0 unspecified atom stereocenters. The number of phenolic OH excluding ortho intramolecular Hbond substituents is 10. The molecular formula is C72H72O36. The largest absolute Gasteiger partial charge is 0.508 e. The number of aromatic hydroxyl groups is 10. The lowest BCUT2D eigenvalue weighted by atomic mass is 9.52. The molecule has 20 atom stereocenters. The SMILES string of the molecule is C[C@@H]1O[C@@H](Oc2c(-c3ccc(O)c(O)c3)oc3cc(O)cc(O)c3c2=O)[C@H](O[C@@H]2O[C@H](COC(=O)C3C(c4ccc(O)cc4)C(C(=O)OC[C@H]4O[C@@H](O[C@H]5[C@H](Oc6c(-c7ccc(O)c(O)c7)oc7cc(O)cc(O)c7c6=O)O[C@@H](C)[C@H](O)[C@H]5O)[C@H](O)[C@@H](O)[C@@H]4O)C3c3ccc(O)cc3)[C@@H](O)[C@H](O)[C@H]2O)[C@H](O)[C@H]1O. The summed E-state index contributed by atoms with van der Waals surface area (Å²) in [7, 11) is 0. The highest BCUT2D eigenvalue weighted by Crippen LogP contribution is 2.59. The first-order valence-electron chi connectivity index (χ1n) is 33.4. The van der Waals surface area contributed by atoms with E-state index in [4.69, 9.17) is 56.2 Å². The van der Waals surface area contributed by atoms with Crippen molar-refractivity contribution in [2.45, 2.75) is 149 Å². The van der Waals surface area contributed by atoms with Crippen LogP contribution in [-0.4, -0.2) is 250 Å². The molecule has 5 fully saturated rings. The van der Waals surface area contributed by atoms with Gasteiger partial charge in [-0.3, -0.25) is 19.2 Å². The van der Waals surface area contributed by atoms with Crippen molar-refractivity contribution >= 4 is 33.9 Å². The molecule has 36 nitrogen and oxygen atoms in total. The Kier molecular flexibility index (Phi) is 21.1. The van der Waals surface area contributed by atoms with Gasteiger partial charge in [0.2, 0.25) is 34.9 Å². The van der Waals surface area contributed by atoms with Crippen LogP contribution in [0.4, 0.5) is 0 Å². The molecule has 8 aromatic rings. The topological polar surface area (TPSA) is 591 Å². The first-order chi connectivity index (χ1) is 51.3. The van der Waals surface area contributed by atoms with Gasteiger partial charge in [-0.25, -0.2) is 0 Å². The first-order valence-corrected chi connectivity index (χ1v) is 33.4. The van der Waals surface area contributed by atoms with Crippen LogP contribution in [0.5, 0.6) is 69.0 Å². The summed E-state index contributed by atoms with van der Waals surface area (Å²) in [4.78, 5) is 58.7. The number of aliphatic hydroxyl groups is 10. The Bertz CT molecular complexity index is 4490. The van der Waals surface area contributed by atoms with Crippen molar-refractivity contribution in [2.24, 2.45) is 11.8 Å². The van der Waals surface area contributed by atoms with E-state index in [0.717, 1.165) is 48.5 Å². The Hall–Kier alpha value is -10.4. The number of carbonyl (C=O) groups is 2. The molecule has 20 N–H and O–H groups in total. The van der Waals surface area contributed by atoms with E-state index in [-0.39, 0.29) is 33.8 Å². The lowest BCUT2D eigenvalue weighted by molar-refractivity contribution is -0.355. The van der Waals surface area contributed by atoms with E-state index in [1.165, 1.54) is 74.5 Å². The number of carbonyl (C=O) groups excluding carboxylic acids is 2. The molecule has 0 radical (unpaired) electrons. The number of hydrogen-bond acceptors (Lipinski definition) is 36. The van der Waals surface area contributed by atoms with Crippen LogP contribution < -0.4 is 20.3 Å². The molecule has 5 aliphatic rings. The summed E-state index contributed by atoms with van der Waals surface area (Å²) in [5.74, 6) is -16.4. The van der Waals surface area contributed by atoms with Crippen LogP contribution in [0.25, 0.3) is 44.6 Å². The van der Waals surface area contributed by atoms with E-state index in [1.807, 2.05) is 0 Å². The predicted octanol–water partition coefficient (Wildman–Crippen LogP) is -0.0340. The zero-order valence-corrected chi connectivity index (χ0v) is 56.1. The predicted molar refractivity (Wildman–Crippen MR) is 357 cm³/mol. The summed E-state index contributed by atoms with van der Waals surface area (Å²) < 4.78 is 71.3. The van der Waals surface area contributed by atoms with Gasteiger partial charge in [0.05, 0.1) is 24.0 Å². The minimum absolute atomic E-state index is 0.152. The number of phenols is 10. The summed E-state index contributed by atoms with van der Waals surface area (Å²) in [6, 6.07) is 20.2. The summed E-state index contributed by atoms with van der Waals surface area (Å²) in [6.45, 7) is 0.549. The zero-order chi connectivity index (χ0) is 77.5. The van der Waals surface area contributed by atoms with Gasteiger partial charge < -0.3 is 158 Å². The van der Waals surface area contributed by atoms with Gasteiger partial charge >= 0.3 is 11.9 Å². The van der Waals surface area contributed by atoms with E-state index >= 15 is 0 Å². The third-order valence-electron chi connectivity index (χ3n) is 19.7. The zero-order valence-electron chi connectivity index (χ0n) is 56.1. The number of ether oxygens (including phenoxy) is 10. The van der Waals surface area contributed by atoms with Crippen molar-refractivity contribution in [1.29, 1.82) is 0 Å². The molecule has 0 spiro atoms. The maximum absolute atomic E-state index is 15.0. The lowest BCUT2D eigenvalue weighted by Crippen LogP contribution is -2.64. The second-order valence-corrected chi connectivity index (χ2v) is 26.7. The smallest absolute Gasteiger partial charge is 0.310 e. The van der Waals surface area contributed by atoms with Crippen molar-refractivity contribution in [3.63, 3.8) is 0 Å². The van der Waals surface area contributed by atoms with Gasteiger partial charge in [0.15, 0.2) is 59.3 Å². The van der Waals surface area contributed by atoms with Crippen LogP contribution in [0.1, 0.15) is 36.8 Å². The molecule has 0 bridgehead atoms. The molecule has 108 heavy (non-hydrogen) atoms. The Labute approximate surface area is 605 Å². The monoisotopic (exact) mass is 1510 g/mol. The van der Waals surface area contributed by atoms with Crippen LogP contribution in [0, 0.1) is 11.8 Å². The summed E-state index contributed by atoms with van der Waals surface area (Å²) in [5, 5.41) is 217. The average Bonchev–Trinajstić information content (AvgIpc) is 0.725. The van der Waals surface area contributed by atoms with Crippen molar-refractivity contribution in [3.05, 3.63) is 141 Å². The second kappa shape index (κ2) is 30.0.